The number of aryl methyl sites for hydroxylation is 1. The van der Waals surface area contributed by atoms with Crippen molar-refractivity contribution in [1.29, 1.82) is 0 Å². The van der Waals surface area contributed by atoms with E-state index in [4.69, 9.17) is 14.7 Å². The number of hydrogen-bond acceptors (Lipinski definition) is 3. The van der Waals surface area contributed by atoms with Gasteiger partial charge in [-0.3, -0.25) is 0 Å². The lowest BCUT2D eigenvalue weighted by molar-refractivity contribution is 0.141. The number of rotatable bonds is 7. The fourth-order valence-corrected chi connectivity index (χ4v) is 3.55. The highest BCUT2D eigenvalue weighted by molar-refractivity contribution is 5.73. The molecule has 2 rings (SSSR count). The van der Waals surface area contributed by atoms with E-state index in [0.29, 0.717) is 17.8 Å². The van der Waals surface area contributed by atoms with Gasteiger partial charge in [-0.25, -0.2) is 9.97 Å². The lowest BCUT2D eigenvalue weighted by Crippen LogP contribution is -2.12. The van der Waals surface area contributed by atoms with Gasteiger partial charge in [0.1, 0.15) is 5.82 Å². The molecule has 0 spiro atoms. The van der Waals surface area contributed by atoms with Crippen LogP contribution in [0, 0.1) is 31.6 Å². The van der Waals surface area contributed by atoms with Crippen molar-refractivity contribution in [2.24, 2.45) is 17.8 Å². The minimum atomic E-state index is 0.505. The summed E-state index contributed by atoms with van der Waals surface area (Å²) < 4.78 is 5.60. The highest BCUT2D eigenvalue weighted by Gasteiger charge is 2.18. The van der Waals surface area contributed by atoms with E-state index in [9.17, 15) is 0 Å². The van der Waals surface area contributed by atoms with Crippen LogP contribution in [0.25, 0.3) is 5.57 Å². The van der Waals surface area contributed by atoms with Gasteiger partial charge in [-0.15, -0.1) is 0 Å². The molecule has 0 N–H and O–H groups in total. The van der Waals surface area contributed by atoms with E-state index < -0.39 is 0 Å². The van der Waals surface area contributed by atoms with Crippen LogP contribution in [0.1, 0.15) is 69.2 Å². The van der Waals surface area contributed by atoms with Crippen molar-refractivity contribution < 1.29 is 4.74 Å². The van der Waals surface area contributed by atoms with E-state index in [1.807, 2.05) is 6.08 Å². The second-order valence-corrected chi connectivity index (χ2v) is 7.88. The van der Waals surface area contributed by atoms with Crippen LogP contribution in [0.5, 0.6) is 0 Å². The summed E-state index contributed by atoms with van der Waals surface area (Å²) in [5, 5.41) is 0. The molecule has 144 valence electrons. The minimum absolute atomic E-state index is 0.505. The molecule has 1 aromatic rings. The summed E-state index contributed by atoms with van der Waals surface area (Å²) in [4.78, 5) is 9.77. The second-order valence-electron chi connectivity index (χ2n) is 7.88. The SMILES string of the molecule is C=C/C(=C\C(C)C(C)CC)c1nc(CC2CCCOCC2)nc(C)c1C. The van der Waals surface area contributed by atoms with Crippen molar-refractivity contribution >= 4 is 5.57 Å². The molecule has 0 amide bonds. The molecule has 3 heteroatoms. The van der Waals surface area contributed by atoms with E-state index in [1.165, 1.54) is 18.4 Å². The average molecular weight is 357 g/mol. The summed E-state index contributed by atoms with van der Waals surface area (Å²) in [6.45, 7) is 16.9. The van der Waals surface area contributed by atoms with Crippen LogP contribution < -0.4 is 0 Å². The van der Waals surface area contributed by atoms with E-state index in [-0.39, 0.29) is 0 Å². The Balaban J connectivity index is 2.30. The molecular weight excluding hydrogens is 320 g/mol. The summed E-state index contributed by atoms with van der Waals surface area (Å²) in [6, 6.07) is 0. The Labute approximate surface area is 160 Å². The van der Waals surface area contributed by atoms with Crippen molar-refractivity contribution in [3.63, 3.8) is 0 Å². The molecule has 3 atom stereocenters. The normalized spacial score (nSPS) is 21.1. The smallest absolute Gasteiger partial charge is 0.129 e. The summed E-state index contributed by atoms with van der Waals surface area (Å²) in [5.41, 5.74) is 4.45. The zero-order valence-electron chi connectivity index (χ0n) is 17.3. The molecular formula is C23H36N2O. The Kier molecular flexibility index (Phi) is 8.02. The first-order valence-corrected chi connectivity index (χ1v) is 10.2. The van der Waals surface area contributed by atoms with Crippen LogP contribution in [-0.2, 0) is 11.2 Å². The first kappa shape index (κ1) is 20.8. The van der Waals surface area contributed by atoms with Crippen molar-refractivity contribution in [3.05, 3.63) is 41.5 Å². The highest BCUT2D eigenvalue weighted by atomic mass is 16.5. The Bertz CT molecular complexity index is 627. The molecule has 0 aliphatic carbocycles. The van der Waals surface area contributed by atoms with Gasteiger partial charge in [0.25, 0.3) is 0 Å². The van der Waals surface area contributed by atoms with Gasteiger partial charge in [0.05, 0.1) is 5.69 Å². The first-order chi connectivity index (χ1) is 12.5. The van der Waals surface area contributed by atoms with Gasteiger partial charge in [-0.2, -0.15) is 0 Å². The summed E-state index contributed by atoms with van der Waals surface area (Å²) in [7, 11) is 0. The topological polar surface area (TPSA) is 35.0 Å². The number of hydrogen-bond donors (Lipinski definition) is 0. The maximum Gasteiger partial charge on any atom is 0.129 e. The third-order valence-corrected chi connectivity index (χ3v) is 5.96. The molecule has 2 heterocycles. The Morgan fingerprint density at radius 1 is 1.23 bits per heavy atom. The predicted octanol–water partition coefficient (Wildman–Crippen LogP) is 5.70. The number of aromatic nitrogens is 2. The molecule has 1 aliphatic heterocycles. The predicted molar refractivity (Wildman–Crippen MR) is 110 cm³/mol. The number of allylic oxidation sites excluding steroid dienone is 3. The van der Waals surface area contributed by atoms with Crippen LogP contribution in [0.2, 0.25) is 0 Å². The lowest BCUT2D eigenvalue weighted by Gasteiger charge is -2.18. The van der Waals surface area contributed by atoms with Gasteiger partial charge in [0, 0.05) is 25.3 Å². The molecule has 3 unspecified atom stereocenters. The van der Waals surface area contributed by atoms with Gasteiger partial charge in [-0.1, -0.05) is 45.9 Å². The highest BCUT2D eigenvalue weighted by Crippen LogP contribution is 2.26. The summed E-state index contributed by atoms with van der Waals surface area (Å²) >= 11 is 0. The molecule has 0 radical (unpaired) electrons. The van der Waals surface area contributed by atoms with E-state index in [0.717, 1.165) is 55.3 Å². The van der Waals surface area contributed by atoms with Crippen molar-refractivity contribution in [3.8, 4) is 0 Å². The monoisotopic (exact) mass is 356 g/mol. The van der Waals surface area contributed by atoms with Crippen molar-refractivity contribution in [2.75, 3.05) is 13.2 Å². The Hall–Kier alpha value is -1.48. The molecule has 3 nitrogen and oxygen atoms in total. The first-order valence-electron chi connectivity index (χ1n) is 10.2. The maximum absolute atomic E-state index is 5.60. The van der Waals surface area contributed by atoms with Gasteiger partial charge in [-0.05, 0) is 62.0 Å². The van der Waals surface area contributed by atoms with Crippen LogP contribution >= 0.6 is 0 Å². The fourth-order valence-electron chi connectivity index (χ4n) is 3.55. The molecule has 1 aliphatic rings. The molecule has 1 fully saturated rings. The molecule has 0 saturated carbocycles. The molecule has 0 aromatic carbocycles. The van der Waals surface area contributed by atoms with Gasteiger partial charge in [0.15, 0.2) is 0 Å². The average Bonchev–Trinajstić information content (AvgIpc) is 2.90. The standard InChI is InChI=1S/C23H36N2O/c1-7-16(3)17(4)14-21(8-2)23-18(5)19(6)24-22(25-23)15-20-10-9-12-26-13-11-20/h8,14,16-17,20H,2,7,9-13,15H2,1,3-6H3/b21-14+. The number of ether oxygens (including phenoxy) is 1. The fraction of sp³-hybridized carbons (Fsp3) is 0.652. The van der Waals surface area contributed by atoms with Crippen LogP contribution in [0.4, 0.5) is 0 Å². The van der Waals surface area contributed by atoms with Crippen molar-refractivity contribution in [1.82, 2.24) is 9.97 Å². The van der Waals surface area contributed by atoms with E-state index in [1.54, 1.807) is 0 Å². The van der Waals surface area contributed by atoms with Crippen LogP contribution in [-0.4, -0.2) is 23.2 Å². The van der Waals surface area contributed by atoms with Crippen LogP contribution in [0.15, 0.2) is 18.7 Å². The minimum Gasteiger partial charge on any atom is -0.381 e. The zero-order chi connectivity index (χ0) is 19.1. The van der Waals surface area contributed by atoms with Crippen molar-refractivity contribution in [2.45, 2.75) is 66.7 Å². The Morgan fingerprint density at radius 2 is 2.00 bits per heavy atom. The molecule has 26 heavy (non-hydrogen) atoms. The maximum atomic E-state index is 5.60. The van der Waals surface area contributed by atoms with Gasteiger partial charge >= 0.3 is 0 Å². The van der Waals surface area contributed by atoms with E-state index in [2.05, 4.69) is 47.3 Å². The van der Waals surface area contributed by atoms with Gasteiger partial charge in [0.2, 0.25) is 0 Å². The molecule has 1 aromatic heterocycles. The summed E-state index contributed by atoms with van der Waals surface area (Å²) in [6.07, 6.45) is 9.88. The number of nitrogens with zero attached hydrogens (tertiary/aromatic N) is 2. The largest absolute Gasteiger partial charge is 0.381 e. The van der Waals surface area contributed by atoms with Crippen LogP contribution in [0.3, 0.4) is 0 Å². The quantitative estimate of drug-likeness (QED) is 0.587. The lowest BCUT2D eigenvalue weighted by atomic mass is 9.90. The molecule has 1 saturated heterocycles. The molecule has 0 bridgehead atoms. The van der Waals surface area contributed by atoms with E-state index >= 15 is 0 Å². The third kappa shape index (κ3) is 5.51. The van der Waals surface area contributed by atoms with Gasteiger partial charge < -0.3 is 4.74 Å². The second kappa shape index (κ2) is 10.0. The Morgan fingerprint density at radius 3 is 2.69 bits per heavy atom. The third-order valence-electron chi connectivity index (χ3n) is 5.96. The summed E-state index contributed by atoms with van der Waals surface area (Å²) in [5.74, 6) is 2.75. The zero-order valence-corrected chi connectivity index (χ0v) is 17.3.